The van der Waals surface area contributed by atoms with Gasteiger partial charge in [0.05, 0.1) is 6.20 Å². The number of aromatic nitrogens is 7. The number of likely N-dealkylation sites (tertiary alicyclic amines) is 1. The highest BCUT2D eigenvalue weighted by Crippen LogP contribution is 2.34. The number of hydrogen-bond donors (Lipinski definition) is 0. The van der Waals surface area contributed by atoms with Crippen molar-refractivity contribution >= 4 is 16.9 Å². The zero-order valence-electron chi connectivity index (χ0n) is 23.5. The van der Waals surface area contributed by atoms with Gasteiger partial charge in [-0.25, -0.2) is 0 Å². The quantitative estimate of drug-likeness (QED) is 0.272. The van der Waals surface area contributed by atoms with Crippen LogP contribution in [-0.2, 0) is 7.05 Å². The fourth-order valence-electron chi connectivity index (χ4n) is 5.88. The second-order valence-corrected chi connectivity index (χ2v) is 10.8. The molecule has 1 amide bonds. The molecule has 0 unspecified atom stereocenters. The minimum absolute atomic E-state index is 0.0298. The number of rotatable bonds is 6. The van der Waals surface area contributed by atoms with Crippen molar-refractivity contribution in [1.82, 2.24) is 39.9 Å². The fraction of sp³-hybridized carbons (Fsp3) is 0.250. The molecule has 0 bridgehead atoms. The van der Waals surface area contributed by atoms with E-state index in [4.69, 9.17) is 4.42 Å². The van der Waals surface area contributed by atoms with Crippen LogP contribution in [0.5, 0.6) is 0 Å². The summed E-state index contributed by atoms with van der Waals surface area (Å²) in [6, 6.07) is 22.1. The third-order valence-corrected chi connectivity index (χ3v) is 8.01. The summed E-state index contributed by atoms with van der Waals surface area (Å²) < 4.78 is 7.95. The van der Waals surface area contributed by atoms with E-state index in [9.17, 15) is 4.79 Å². The van der Waals surface area contributed by atoms with Gasteiger partial charge in [-0.2, -0.15) is 9.90 Å². The van der Waals surface area contributed by atoms with Crippen LogP contribution in [0.1, 0.15) is 40.8 Å². The third kappa shape index (κ3) is 4.96. The van der Waals surface area contributed by atoms with Crippen LogP contribution in [0, 0.1) is 12.8 Å². The Balaban J connectivity index is 1.08. The number of tetrazole rings is 1. The van der Waals surface area contributed by atoms with Gasteiger partial charge in [0, 0.05) is 49.0 Å². The summed E-state index contributed by atoms with van der Waals surface area (Å²) in [5, 5.41) is 18.2. The lowest BCUT2D eigenvalue weighted by molar-refractivity contribution is 0.0658. The van der Waals surface area contributed by atoms with Gasteiger partial charge in [0.1, 0.15) is 23.1 Å². The SMILES string of the molecule is Cc1nnn([C@H](c2ccccc2)C2CCN(C(=O)c3cc(-c4cc5cc(-c6cnn(C)c6)ccc5o4)ccn3)CC2)n1. The Kier molecular flexibility index (Phi) is 6.58. The molecule has 1 aliphatic heterocycles. The maximum absolute atomic E-state index is 13.6. The number of hydrogen-bond acceptors (Lipinski definition) is 7. The van der Waals surface area contributed by atoms with Crippen molar-refractivity contribution in [2.75, 3.05) is 13.1 Å². The van der Waals surface area contributed by atoms with E-state index in [0.29, 0.717) is 30.4 Å². The minimum Gasteiger partial charge on any atom is -0.456 e. The Morgan fingerprint density at radius 3 is 2.55 bits per heavy atom. The number of furan rings is 1. The monoisotopic (exact) mass is 558 g/mol. The van der Waals surface area contributed by atoms with Crippen LogP contribution in [-0.4, -0.2) is 58.9 Å². The predicted molar refractivity (Wildman–Crippen MR) is 157 cm³/mol. The van der Waals surface area contributed by atoms with Crippen LogP contribution in [0.2, 0.25) is 0 Å². The molecule has 0 spiro atoms. The number of nitrogens with zero attached hydrogens (tertiary/aromatic N) is 8. The van der Waals surface area contributed by atoms with Gasteiger partial charge in [0.2, 0.25) is 0 Å². The Hall–Kier alpha value is -5.12. The van der Waals surface area contributed by atoms with E-state index in [-0.39, 0.29) is 17.9 Å². The molecule has 1 aliphatic rings. The molecule has 0 saturated carbocycles. The summed E-state index contributed by atoms with van der Waals surface area (Å²) in [7, 11) is 1.90. The van der Waals surface area contributed by atoms with Crippen LogP contribution in [0.15, 0.2) is 89.7 Å². The van der Waals surface area contributed by atoms with Crippen LogP contribution >= 0.6 is 0 Å². The van der Waals surface area contributed by atoms with E-state index < -0.39 is 0 Å². The van der Waals surface area contributed by atoms with E-state index in [1.165, 1.54) is 0 Å². The molecule has 0 radical (unpaired) electrons. The molecular formula is C32H30N8O2. The molecule has 1 atom stereocenters. The van der Waals surface area contributed by atoms with Crippen molar-refractivity contribution < 1.29 is 9.21 Å². The lowest BCUT2D eigenvalue weighted by atomic mass is 9.85. The summed E-state index contributed by atoms with van der Waals surface area (Å²) in [5.41, 5.74) is 5.28. The van der Waals surface area contributed by atoms with Crippen LogP contribution in [0.4, 0.5) is 0 Å². The molecule has 2 aromatic carbocycles. The summed E-state index contributed by atoms with van der Waals surface area (Å²) >= 11 is 0. The van der Waals surface area contributed by atoms with E-state index in [1.807, 2.05) is 79.8 Å². The first-order chi connectivity index (χ1) is 20.5. The molecule has 1 fully saturated rings. The summed E-state index contributed by atoms with van der Waals surface area (Å²) in [4.78, 5) is 21.6. The third-order valence-electron chi connectivity index (χ3n) is 8.01. The molecule has 210 valence electrons. The number of amides is 1. The van der Waals surface area contributed by atoms with E-state index in [1.54, 1.807) is 15.7 Å². The van der Waals surface area contributed by atoms with Gasteiger partial charge >= 0.3 is 0 Å². The number of pyridine rings is 1. The predicted octanol–water partition coefficient (Wildman–Crippen LogP) is 5.33. The number of benzene rings is 2. The van der Waals surface area contributed by atoms with Gasteiger partial charge in [-0.1, -0.05) is 36.4 Å². The van der Waals surface area contributed by atoms with Crippen LogP contribution < -0.4 is 0 Å². The zero-order chi connectivity index (χ0) is 28.6. The lowest BCUT2D eigenvalue weighted by Crippen LogP contribution is -2.41. The van der Waals surface area contributed by atoms with Crippen molar-refractivity contribution in [1.29, 1.82) is 0 Å². The minimum atomic E-state index is -0.0729. The normalized spacial score (nSPS) is 14.9. The molecule has 0 aliphatic carbocycles. The average Bonchev–Trinajstić information content (AvgIpc) is 3.77. The maximum Gasteiger partial charge on any atom is 0.272 e. The second-order valence-electron chi connectivity index (χ2n) is 10.8. The zero-order valence-corrected chi connectivity index (χ0v) is 23.5. The number of piperidine rings is 1. The summed E-state index contributed by atoms with van der Waals surface area (Å²) in [5.74, 6) is 1.55. The van der Waals surface area contributed by atoms with Crippen LogP contribution in [0.3, 0.4) is 0 Å². The van der Waals surface area contributed by atoms with Crippen molar-refractivity contribution in [3.63, 3.8) is 0 Å². The summed E-state index contributed by atoms with van der Waals surface area (Å²) in [6.45, 7) is 3.11. The molecule has 7 rings (SSSR count). The highest BCUT2D eigenvalue weighted by atomic mass is 16.3. The number of aryl methyl sites for hydroxylation is 2. The molecule has 42 heavy (non-hydrogen) atoms. The maximum atomic E-state index is 13.6. The molecule has 4 aromatic heterocycles. The molecule has 6 aromatic rings. The first-order valence-corrected chi connectivity index (χ1v) is 14.1. The van der Waals surface area contributed by atoms with Gasteiger partial charge in [0.15, 0.2) is 5.82 Å². The Bertz CT molecular complexity index is 1860. The Morgan fingerprint density at radius 2 is 1.81 bits per heavy atom. The molecule has 10 nitrogen and oxygen atoms in total. The fourth-order valence-corrected chi connectivity index (χ4v) is 5.88. The largest absolute Gasteiger partial charge is 0.456 e. The topological polar surface area (TPSA) is 108 Å². The van der Waals surface area contributed by atoms with E-state index >= 15 is 0 Å². The average molecular weight is 559 g/mol. The van der Waals surface area contributed by atoms with Gasteiger partial charge in [-0.3, -0.25) is 14.5 Å². The summed E-state index contributed by atoms with van der Waals surface area (Å²) in [6.07, 6.45) is 7.16. The van der Waals surface area contributed by atoms with Crippen molar-refractivity contribution in [3.8, 4) is 22.5 Å². The smallest absolute Gasteiger partial charge is 0.272 e. The number of carbonyl (C=O) groups excluding carboxylic acids is 1. The van der Waals surface area contributed by atoms with Crippen molar-refractivity contribution in [3.05, 3.63) is 102 Å². The van der Waals surface area contributed by atoms with Gasteiger partial charge in [-0.15, -0.1) is 10.2 Å². The number of carbonyl (C=O) groups is 1. The molecule has 0 N–H and O–H groups in total. The molecule has 1 saturated heterocycles. The highest BCUT2D eigenvalue weighted by Gasteiger charge is 2.32. The molecule has 5 heterocycles. The van der Waals surface area contributed by atoms with E-state index in [0.717, 1.165) is 46.1 Å². The van der Waals surface area contributed by atoms with Gasteiger partial charge in [-0.05, 0) is 72.4 Å². The first-order valence-electron chi connectivity index (χ1n) is 14.1. The molecular weight excluding hydrogens is 528 g/mol. The van der Waals surface area contributed by atoms with Crippen LogP contribution in [0.25, 0.3) is 33.4 Å². The first kappa shape index (κ1) is 25.8. The lowest BCUT2D eigenvalue weighted by Gasteiger charge is -2.35. The second kappa shape index (κ2) is 10.7. The highest BCUT2D eigenvalue weighted by molar-refractivity contribution is 5.94. The Morgan fingerprint density at radius 1 is 0.976 bits per heavy atom. The van der Waals surface area contributed by atoms with Crippen molar-refractivity contribution in [2.45, 2.75) is 25.8 Å². The number of fused-ring (bicyclic) bond motifs is 1. The van der Waals surface area contributed by atoms with Crippen molar-refractivity contribution in [2.24, 2.45) is 13.0 Å². The van der Waals surface area contributed by atoms with Gasteiger partial charge < -0.3 is 9.32 Å². The Labute approximate surface area is 242 Å². The van der Waals surface area contributed by atoms with E-state index in [2.05, 4.69) is 43.7 Å². The standard InChI is InChI=1S/C32H30N8O2/c1-21-35-37-40(36-21)31(22-6-4-3-5-7-22)23-11-14-39(15-12-23)32(41)28-17-25(10-13-33-28)30-18-26-16-24(8-9-29(26)42-30)27-19-34-38(2)20-27/h3-10,13,16-20,23,31H,11-12,14-15H2,1-2H3/t31-/m1/s1. The molecule has 10 heteroatoms. The van der Waals surface area contributed by atoms with Gasteiger partial charge in [0.25, 0.3) is 5.91 Å².